The fourth-order valence-corrected chi connectivity index (χ4v) is 3.32. The van der Waals surface area contributed by atoms with Crippen molar-refractivity contribution in [1.29, 1.82) is 0 Å². The molecule has 1 saturated heterocycles. The second-order valence-corrected chi connectivity index (χ2v) is 6.11. The van der Waals surface area contributed by atoms with Gasteiger partial charge in [0.1, 0.15) is 18.3 Å². The highest BCUT2D eigenvalue weighted by Crippen LogP contribution is 2.22. The standard InChI is InChI=1S/C15H21N5O2/c1-10-5-4-6-11(2)20(10)13(21)8-19-9-16-14-12(15(19)22)7-17-18(14)3/h7,9-11H,4-6,8H2,1-3H3/t10-,11+. The van der Waals surface area contributed by atoms with E-state index in [1.807, 2.05) is 4.90 Å². The van der Waals surface area contributed by atoms with Crippen molar-refractivity contribution in [2.75, 3.05) is 0 Å². The van der Waals surface area contributed by atoms with Crippen molar-refractivity contribution in [3.8, 4) is 0 Å². The average Bonchev–Trinajstić information content (AvgIpc) is 2.84. The van der Waals surface area contributed by atoms with Gasteiger partial charge in [-0.05, 0) is 33.1 Å². The van der Waals surface area contributed by atoms with E-state index in [9.17, 15) is 9.59 Å². The number of hydrogen-bond donors (Lipinski definition) is 0. The number of nitrogens with zero attached hydrogens (tertiary/aromatic N) is 5. The first-order chi connectivity index (χ1) is 10.5. The van der Waals surface area contributed by atoms with Crippen LogP contribution >= 0.6 is 0 Å². The summed E-state index contributed by atoms with van der Waals surface area (Å²) in [6.45, 7) is 4.17. The lowest BCUT2D eigenvalue weighted by atomic mass is 9.97. The summed E-state index contributed by atoms with van der Waals surface area (Å²) in [5.74, 6) is -0.0214. The summed E-state index contributed by atoms with van der Waals surface area (Å²) in [6.07, 6.45) is 6.12. The van der Waals surface area contributed by atoms with Crippen LogP contribution in [-0.2, 0) is 18.4 Å². The summed E-state index contributed by atoms with van der Waals surface area (Å²) in [5.41, 5.74) is 0.317. The maximum atomic E-state index is 12.6. The minimum absolute atomic E-state index is 0.0214. The van der Waals surface area contributed by atoms with Crippen LogP contribution in [0.25, 0.3) is 11.0 Å². The molecule has 1 aliphatic heterocycles. The van der Waals surface area contributed by atoms with E-state index >= 15 is 0 Å². The highest BCUT2D eigenvalue weighted by Gasteiger charge is 2.29. The van der Waals surface area contributed by atoms with Gasteiger partial charge in [0.25, 0.3) is 5.56 Å². The SMILES string of the molecule is C[C@@H]1CCC[C@H](C)N1C(=O)Cn1cnc2c(cnn2C)c1=O. The summed E-state index contributed by atoms with van der Waals surface area (Å²) in [6, 6.07) is 0.448. The number of aryl methyl sites for hydroxylation is 1. The lowest BCUT2D eigenvalue weighted by Crippen LogP contribution is -2.49. The van der Waals surface area contributed by atoms with Gasteiger partial charge in [-0.15, -0.1) is 0 Å². The average molecular weight is 303 g/mol. The second-order valence-electron chi connectivity index (χ2n) is 6.11. The summed E-state index contributed by atoms with van der Waals surface area (Å²) in [4.78, 5) is 31.2. The number of rotatable bonds is 2. The Labute approximate surface area is 128 Å². The molecule has 1 aliphatic rings. The molecule has 0 saturated carbocycles. The molecule has 7 nitrogen and oxygen atoms in total. The quantitative estimate of drug-likeness (QED) is 0.827. The van der Waals surface area contributed by atoms with Gasteiger partial charge >= 0.3 is 0 Å². The summed E-state index contributed by atoms with van der Waals surface area (Å²) in [5, 5.41) is 4.48. The first kappa shape index (κ1) is 14.7. The number of amides is 1. The Morgan fingerprint density at radius 1 is 1.32 bits per heavy atom. The van der Waals surface area contributed by atoms with Crippen LogP contribution in [0.1, 0.15) is 33.1 Å². The van der Waals surface area contributed by atoms with E-state index in [1.54, 1.807) is 11.7 Å². The van der Waals surface area contributed by atoms with E-state index < -0.39 is 0 Å². The highest BCUT2D eigenvalue weighted by atomic mass is 16.2. The third-order valence-corrected chi connectivity index (χ3v) is 4.51. The number of hydrogen-bond acceptors (Lipinski definition) is 4. The maximum absolute atomic E-state index is 12.6. The molecule has 2 aromatic heterocycles. The molecule has 3 rings (SSSR count). The van der Waals surface area contributed by atoms with Crippen molar-refractivity contribution < 1.29 is 4.79 Å². The van der Waals surface area contributed by atoms with Crippen LogP contribution in [0.5, 0.6) is 0 Å². The van der Waals surface area contributed by atoms with Gasteiger partial charge < -0.3 is 4.90 Å². The summed E-state index contributed by atoms with van der Waals surface area (Å²) >= 11 is 0. The molecular formula is C15H21N5O2. The van der Waals surface area contributed by atoms with Crippen molar-refractivity contribution in [3.05, 3.63) is 22.9 Å². The molecule has 2 atom stereocenters. The number of likely N-dealkylation sites (tertiary alicyclic amines) is 1. The summed E-state index contributed by atoms with van der Waals surface area (Å²) < 4.78 is 2.93. The predicted octanol–water partition coefficient (Wildman–Crippen LogP) is 0.919. The molecule has 1 amide bonds. The van der Waals surface area contributed by atoms with Gasteiger partial charge in [-0.25, -0.2) is 4.98 Å². The molecule has 1 fully saturated rings. The van der Waals surface area contributed by atoms with E-state index in [1.165, 1.54) is 17.1 Å². The monoisotopic (exact) mass is 303 g/mol. The number of carbonyl (C=O) groups is 1. The molecule has 2 aromatic rings. The summed E-state index contributed by atoms with van der Waals surface area (Å²) in [7, 11) is 1.74. The Morgan fingerprint density at radius 2 is 2.00 bits per heavy atom. The number of aromatic nitrogens is 4. The van der Waals surface area contributed by atoms with Crippen molar-refractivity contribution in [2.24, 2.45) is 7.05 Å². The van der Waals surface area contributed by atoms with Crippen LogP contribution in [0, 0.1) is 0 Å². The topological polar surface area (TPSA) is 73.0 Å². The van der Waals surface area contributed by atoms with Gasteiger partial charge in [0, 0.05) is 19.1 Å². The Balaban J connectivity index is 1.88. The van der Waals surface area contributed by atoms with Crippen LogP contribution < -0.4 is 5.56 Å². The molecule has 0 N–H and O–H groups in total. The molecule has 0 unspecified atom stereocenters. The molecular weight excluding hydrogens is 282 g/mol. The van der Waals surface area contributed by atoms with E-state index in [0.717, 1.165) is 19.3 Å². The molecule has 0 bridgehead atoms. The maximum Gasteiger partial charge on any atom is 0.264 e. The minimum Gasteiger partial charge on any atom is -0.336 e. The Morgan fingerprint density at radius 3 is 2.68 bits per heavy atom. The van der Waals surface area contributed by atoms with Crippen molar-refractivity contribution in [1.82, 2.24) is 24.2 Å². The largest absolute Gasteiger partial charge is 0.336 e. The molecule has 0 radical (unpaired) electrons. The van der Waals surface area contributed by atoms with Crippen LogP contribution in [0.4, 0.5) is 0 Å². The highest BCUT2D eigenvalue weighted by molar-refractivity contribution is 5.78. The van der Waals surface area contributed by atoms with Crippen LogP contribution in [0.15, 0.2) is 17.3 Å². The van der Waals surface area contributed by atoms with Crippen LogP contribution in [0.2, 0.25) is 0 Å². The Kier molecular flexibility index (Phi) is 3.72. The van der Waals surface area contributed by atoms with Gasteiger partial charge in [-0.2, -0.15) is 5.10 Å². The third kappa shape index (κ3) is 2.40. The molecule has 0 aliphatic carbocycles. The molecule has 3 heterocycles. The first-order valence-corrected chi connectivity index (χ1v) is 7.67. The zero-order valence-electron chi connectivity index (χ0n) is 13.2. The van der Waals surface area contributed by atoms with E-state index in [4.69, 9.17) is 0 Å². The van der Waals surface area contributed by atoms with Gasteiger partial charge in [-0.3, -0.25) is 18.8 Å². The van der Waals surface area contributed by atoms with Crippen molar-refractivity contribution >= 4 is 16.9 Å². The molecule has 22 heavy (non-hydrogen) atoms. The fraction of sp³-hybridized carbons (Fsp3) is 0.600. The van der Waals surface area contributed by atoms with E-state index in [2.05, 4.69) is 23.9 Å². The third-order valence-electron chi connectivity index (χ3n) is 4.51. The Bertz CT molecular complexity index is 753. The van der Waals surface area contributed by atoms with Gasteiger partial charge in [-0.1, -0.05) is 0 Å². The zero-order valence-corrected chi connectivity index (χ0v) is 13.2. The lowest BCUT2D eigenvalue weighted by Gasteiger charge is -2.39. The number of piperidine rings is 1. The van der Waals surface area contributed by atoms with E-state index in [0.29, 0.717) is 11.0 Å². The predicted molar refractivity (Wildman–Crippen MR) is 82.4 cm³/mol. The zero-order chi connectivity index (χ0) is 15.9. The van der Waals surface area contributed by atoms with Gasteiger partial charge in [0.05, 0.1) is 6.20 Å². The molecule has 0 aromatic carbocycles. The fourth-order valence-electron chi connectivity index (χ4n) is 3.32. The minimum atomic E-state index is -0.219. The van der Waals surface area contributed by atoms with Crippen LogP contribution in [-0.4, -0.2) is 42.2 Å². The smallest absolute Gasteiger partial charge is 0.264 e. The van der Waals surface area contributed by atoms with Gasteiger partial charge in [0.2, 0.25) is 5.91 Å². The van der Waals surface area contributed by atoms with Gasteiger partial charge in [0.15, 0.2) is 5.65 Å². The normalized spacial score (nSPS) is 22.2. The van der Waals surface area contributed by atoms with E-state index in [-0.39, 0.29) is 30.1 Å². The lowest BCUT2D eigenvalue weighted by molar-refractivity contribution is -0.138. The first-order valence-electron chi connectivity index (χ1n) is 7.67. The molecule has 0 spiro atoms. The van der Waals surface area contributed by atoms with Crippen LogP contribution in [0.3, 0.4) is 0 Å². The number of fused-ring (bicyclic) bond motifs is 1. The van der Waals surface area contributed by atoms with Crippen molar-refractivity contribution in [3.63, 3.8) is 0 Å². The molecule has 7 heteroatoms. The number of carbonyl (C=O) groups excluding carboxylic acids is 1. The second kappa shape index (κ2) is 5.55. The molecule has 118 valence electrons. The van der Waals surface area contributed by atoms with Crippen molar-refractivity contribution in [2.45, 2.75) is 51.7 Å². The Hall–Kier alpha value is -2.18.